The van der Waals surface area contributed by atoms with Crippen LogP contribution in [-0.2, 0) is 11.0 Å². The summed E-state index contributed by atoms with van der Waals surface area (Å²) >= 11 is 3.15. The van der Waals surface area contributed by atoms with Crippen LogP contribution in [0, 0.1) is 11.3 Å². The van der Waals surface area contributed by atoms with Gasteiger partial charge in [0.1, 0.15) is 6.61 Å². The Kier molecular flexibility index (Phi) is 7.87. The van der Waals surface area contributed by atoms with Gasteiger partial charge in [0, 0.05) is 11.0 Å². The lowest BCUT2D eigenvalue weighted by molar-refractivity contribution is -0.137. The van der Waals surface area contributed by atoms with Gasteiger partial charge in [-0.3, -0.25) is 4.79 Å². The zero-order chi connectivity index (χ0) is 15.8. The summed E-state index contributed by atoms with van der Waals surface area (Å²) < 4.78 is 37.6. The fourth-order valence-electron chi connectivity index (χ4n) is 1.15. The van der Waals surface area contributed by atoms with Crippen LogP contribution in [0.1, 0.15) is 18.1 Å². The number of halogens is 4. The third-order valence-corrected chi connectivity index (χ3v) is 1.87. The van der Waals surface area contributed by atoms with Crippen LogP contribution in [-0.4, -0.2) is 23.0 Å². The summed E-state index contributed by atoms with van der Waals surface area (Å²) in [5, 5.41) is 20.1. The summed E-state index contributed by atoms with van der Waals surface area (Å²) in [6, 6.07) is 4.17. The maximum Gasteiger partial charge on any atom is 0.417 e. The molecule has 0 aliphatic heterocycles. The van der Waals surface area contributed by atoms with Crippen molar-refractivity contribution in [2.45, 2.75) is 13.1 Å². The van der Waals surface area contributed by atoms with E-state index in [-0.39, 0.29) is 5.69 Å². The molecule has 0 aliphatic rings. The number of nitrogens with one attached hydrogen (secondary N) is 1. The van der Waals surface area contributed by atoms with Crippen LogP contribution >= 0.6 is 15.9 Å². The maximum atomic E-state index is 12.5. The van der Waals surface area contributed by atoms with E-state index in [2.05, 4.69) is 21.2 Å². The van der Waals surface area contributed by atoms with Crippen LogP contribution < -0.4 is 5.32 Å². The van der Waals surface area contributed by atoms with Gasteiger partial charge in [-0.25, -0.2) is 0 Å². The molecule has 110 valence electrons. The minimum atomic E-state index is -4.68. The summed E-state index contributed by atoms with van der Waals surface area (Å²) in [6.45, 7) is 1.21. The van der Waals surface area contributed by atoms with E-state index in [4.69, 9.17) is 10.4 Å². The molecule has 0 saturated heterocycles. The topological polar surface area (TPSA) is 73.1 Å². The fourth-order valence-corrected chi connectivity index (χ4v) is 1.15. The number of rotatable bonds is 2. The first kappa shape index (κ1) is 18.4. The van der Waals surface area contributed by atoms with Gasteiger partial charge in [0.2, 0.25) is 5.91 Å². The molecule has 0 atom stereocenters. The van der Waals surface area contributed by atoms with Crippen LogP contribution in [0.3, 0.4) is 0 Å². The second-order valence-corrected chi connectivity index (χ2v) is 4.46. The number of carbonyl (C=O) groups excluding carboxylic acids is 1. The first-order valence-electron chi connectivity index (χ1n) is 5.38. The number of hydrogen-bond donors (Lipinski definition) is 2. The van der Waals surface area contributed by atoms with Crippen molar-refractivity contribution in [1.29, 1.82) is 5.26 Å². The van der Waals surface area contributed by atoms with Crippen LogP contribution in [0.2, 0.25) is 0 Å². The first-order valence-corrected chi connectivity index (χ1v) is 6.50. The average molecular weight is 353 g/mol. The Morgan fingerprint density at radius 2 is 2.05 bits per heavy atom. The third-order valence-electron chi connectivity index (χ3n) is 1.87. The highest BCUT2D eigenvalue weighted by Gasteiger charge is 2.33. The summed E-state index contributed by atoms with van der Waals surface area (Å²) in [5.41, 5.74) is -1.79. The quantitative estimate of drug-likeness (QED) is 0.803. The van der Waals surface area contributed by atoms with E-state index in [1.54, 1.807) is 0 Å². The zero-order valence-corrected chi connectivity index (χ0v) is 12.0. The second-order valence-electron chi connectivity index (χ2n) is 3.34. The Hall–Kier alpha value is -1.59. The normalized spacial score (nSPS) is 10.1. The van der Waals surface area contributed by atoms with Gasteiger partial charge in [0.15, 0.2) is 0 Å². The third kappa shape index (κ3) is 6.04. The van der Waals surface area contributed by atoms with Crippen molar-refractivity contribution in [2.75, 3.05) is 17.3 Å². The van der Waals surface area contributed by atoms with Gasteiger partial charge in [0.05, 0.1) is 17.2 Å². The van der Waals surface area contributed by atoms with E-state index in [1.807, 2.05) is 6.92 Å². The molecule has 2 N–H and O–H groups in total. The predicted octanol–water partition coefficient (Wildman–Crippen LogP) is 2.91. The molecule has 20 heavy (non-hydrogen) atoms. The molecular formula is C12H12BrF3N2O2. The van der Waals surface area contributed by atoms with Crippen molar-refractivity contribution < 1.29 is 23.1 Å². The van der Waals surface area contributed by atoms with Gasteiger partial charge in [-0.05, 0) is 18.2 Å². The van der Waals surface area contributed by atoms with Crippen LogP contribution in [0.25, 0.3) is 0 Å². The Bertz CT molecular complexity index is 498. The number of carbonyl (C=O) groups is 1. The molecule has 0 heterocycles. The van der Waals surface area contributed by atoms with Gasteiger partial charge in [-0.2, -0.15) is 18.4 Å². The molecule has 0 fully saturated rings. The Balaban J connectivity index is 0.00000110. The van der Waals surface area contributed by atoms with Crippen LogP contribution in [0.15, 0.2) is 18.2 Å². The molecule has 4 nitrogen and oxygen atoms in total. The van der Waals surface area contributed by atoms with E-state index in [0.29, 0.717) is 6.07 Å². The Morgan fingerprint density at radius 3 is 2.45 bits per heavy atom. The predicted molar refractivity (Wildman–Crippen MR) is 71.3 cm³/mol. The number of nitriles is 1. The smallest absolute Gasteiger partial charge is 0.387 e. The van der Waals surface area contributed by atoms with E-state index >= 15 is 0 Å². The minimum absolute atomic E-state index is 0.129. The fraction of sp³-hybridized carbons (Fsp3) is 0.333. The second kappa shape index (κ2) is 8.55. The molecule has 0 saturated carbocycles. The molecule has 0 aromatic heterocycles. The molecular weight excluding hydrogens is 341 g/mol. The largest absolute Gasteiger partial charge is 0.417 e. The highest BCUT2D eigenvalue weighted by atomic mass is 79.9. The Labute approximate surface area is 122 Å². The van der Waals surface area contributed by atoms with Gasteiger partial charge < -0.3 is 10.4 Å². The van der Waals surface area contributed by atoms with Crippen molar-refractivity contribution in [2.24, 2.45) is 0 Å². The van der Waals surface area contributed by atoms with Crippen molar-refractivity contribution in [1.82, 2.24) is 0 Å². The molecule has 0 aliphatic carbocycles. The van der Waals surface area contributed by atoms with Crippen molar-refractivity contribution in [3.8, 4) is 6.07 Å². The number of alkyl halides is 4. The van der Waals surface area contributed by atoms with Gasteiger partial charge in [0.25, 0.3) is 0 Å². The van der Waals surface area contributed by atoms with Gasteiger partial charge in [-0.15, -0.1) is 0 Å². The van der Waals surface area contributed by atoms with E-state index in [1.165, 1.54) is 6.07 Å². The lowest BCUT2D eigenvalue weighted by Crippen LogP contribution is -2.16. The first-order chi connectivity index (χ1) is 9.29. The average Bonchev–Trinajstić information content (AvgIpc) is 2.38. The Morgan fingerprint density at radius 1 is 1.50 bits per heavy atom. The monoisotopic (exact) mass is 352 g/mol. The molecule has 1 rings (SSSR count). The number of aliphatic hydroxyl groups excluding tert-OH is 1. The van der Waals surface area contributed by atoms with Crippen LogP contribution in [0.5, 0.6) is 0 Å². The standard InChI is InChI=1S/C10H7F3N2O2.C2H5Br/c11-10(12,13)8-3-7(15-9(17)5-16)2-1-6(8)4-14;1-2-3/h1-3,16H,5H2,(H,15,17);2H2,1H3. The van der Waals surface area contributed by atoms with Crippen LogP contribution in [0.4, 0.5) is 18.9 Å². The van der Waals surface area contributed by atoms with E-state index < -0.39 is 29.8 Å². The number of hydrogen-bond acceptors (Lipinski definition) is 3. The molecule has 8 heteroatoms. The maximum absolute atomic E-state index is 12.5. The highest BCUT2D eigenvalue weighted by Crippen LogP contribution is 2.33. The zero-order valence-electron chi connectivity index (χ0n) is 10.5. The lowest BCUT2D eigenvalue weighted by Gasteiger charge is -2.11. The van der Waals surface area contributed by atoms with Crippen molar-refractivity contribution in [3.05, 3.63) is 29.3 Å². The summed E-state index contributed by atoms with van der Waals surface area (Å²) in [4.78, 5) is 10.8. The highest BCUT2D eigenvalue weighted by molar-refractivity contribution is 9.09. The van der Waals surface area contributed by atoms with E-state index in [0.717, 1.165) is 17.5 Å². The number of aliphatic hydroxyl groups is 1. The summed E-state index contributed by atoms with van der Waals surface area (Å²) in [6.07, 6.45) is -4.68. The van der Waals surface area contributed by atoms with Crippen molar-refractivity contribution >= 4 is 27.5 Å². The molecule has 1 aromatic carbocycles. The van der Waals surface area contributed by atoms with Crippen molar-refractivity contribution in [3.63, 3.8) is 0 Å². The molecule has 1 amide bonds. The number of benzene rings is 1. The van der Waals surface area contributed by atoms with Gasteiger partial charge in [-0.1, -0.05) is 22.9 Å². The minimum Gasteiger partial charge on any atom is -0.387 e. The number of anilines is 1. The molecule has 0 bridgehead atoms. The van der Waals surface area contributed by atoms with E-state index in [9.17, 15) is 18.0 Å². The molecule has 0 radical (unpaired) electrons. The SMILES string of the molecule is CCBr.N#Cc1ccc(NC(=O)CO)cc1C(F)(F)F. The lowest BCUT2D eigenvalue weighted by atomic mass is 10.1. The summed E-state index contributed by atoms with van der Waals surface area (Å²) in [7, 11) is 0. The van der Waals surface area contributed by atoms with Gasteiger partial charge >= 0.3 is 6.18 Å². The molecule has 1 aromatic rings. The molecule has 0 unspecified atom stereocenters. The number of nitrogens with zero attached hydrogens (tertiary/aromatic N) is 1. The number of amides is 1. The molecule has 0 spiro atoms. The summed E-state index contributed by atoms with van der Waals surface area (Å²) in [5.74, 6) is -0.831.